The second kappa shape index (κ2) is 7.22. The van der Waals surface area contributed by atoms with Crippen molar-refractivity contribution in [1.29, 1.82) is 0 Å². The Morgan fingerprint density at radius 3 is 2.50 bits per heavy atom. The molecule has 3 atom stereocenters. The number of benzene rings is 1. The Morgan fingerprint density at radius 1 is 1.21 bits per heavy atom. The third kappa shape index (κ3) is 4.34. The normalized spacial score (nSPS) is 29.9. The molecule has 3 fully saturated rings. The number of hydrogen-bond acceptors (Lipinski definition) is 2. The number of likely N-dealkylation sites (tertiary alicyclic amines) is 1. The Bertz CT molecular complexity index is 774. The van der Waals surface area contributed by atoms with E-state index in [1.165, 1.54) is 6.42 Å². The lowest BCUT2D eigenvalue weighted by Crippen LogP contribution is -2.37. The highest BCUT2D eigenvalue weighted by Gasteiger charge is 2.51. The zero-order chi connectivity index (χ0) is 20.1. The number of hydrogen-bond donors (Lipinski definition) is 1. The van der Waals surface area contributed by atoms with Gasteiger partial charge >= 0.3 is 0 Å². The van der Waals surface area contributed by atoms with Crippen LogP contribution in [0, 0.1) is 16.7 Å². The quantitative estimate of drug-likeness (QED) is 0.727. The van der Waals surface area contributed by atoms with E-state index < -0.39 is 11.3 Å². The van der Waals surface area contributed by atoms with Gasteiger partial charge in [0.2, 0.25) is 11.3 Å². The van der Waals surface area contributed by atoms with E-state index in [1.54, 1.807) is 4.31 Å². The van der Waals surface area contributed by atoms with Gasteiger partial charge in [-0.25, -0.2) is 4.21 Å². The van der Waals surface area contributed by atoms with Crippen molar-refractivity contribution < 1.29 is 13.6 Å². The van der Waals surface area contributed by atoms with Crippen LogP contribution < -0.4 is 0 Å². The first-order valence-electron chi connectivity index (χ1n) is 10.4. The number of rotatable bonds is 6. The SMILES string of the molecule is CC1(C)CC2CC(C)(CN2C(=O)c2ccc(CN(CC3CC3)S(=O)O)cc2)C1. The summed E-state index contributed by atoms with van der Waals surface area (Å²) in [5, 5.41) is 0. The minimum Gasteiger partial charge on any atom is -0.335 e. The third-order valence-electron chi connectivity index (χ3n) is 6.62. The maximum atomic E-state index is 13.2. The molecular weight excluding hydrogens is 372 g/mol. The molecule has 6 heteroatoms. The summed E-state index contributed by atoms with van der Waals surface area (Å²) in [4.78, 5) is 15.3. The molecule has 0 spiro atoms. The first-order chi connectivity index (χ1) is 13.1. The molecule has 1 aromatic rings. The topological polar surface area (TPSA) is 60.9 Å². The molecule has 1 amide bonds. The highest BCUT2D eigenvalue weighted by atomic mass is 32.2. The van der Waals surface area contributed by atoms with E-state index in [-0.39, 0.29) is 11.3 Å². The van der Waals surface area contributed by atoms with Crippen LogP contribution >= 0.6 is 0 Å². The Hall–Kier alpha value is -1.24. The number of carbonyl (C=O) groups excluding carboxylic acids is 1. The molecule has 3 aliphatic rings. The molecule has 1 aliphatic heterocycles. The maximum absolute atomic E-state index is 13.2. The van der Waals surface area contributed by atoms with Crippen LogP contribution in [-0.2, 0) is 17.8 Å². The number of carbonyl (C=O) groups is 1. The van der Waals surface area contributed by atoms with Gasteiger partial charge in [0.1, 0.15) is 0 Å². The van der Waals surface area contributed by atoms with Gasteiger partial charge in [-0.3, -0.25) is 9.35 Å². The van der Waals surface area contributed by atoms with Gasteiger partial charge in [0.25, 0.3) is 5.91 Å². The lowest BCUT2D eigenvalue weighted by Gasteiger charge is -2.39. The average Bonchev–Trinajstić information content (AvgIpc) is 3.37. The molecule has 2 saturated carbocycles. The molecule has 154 valence electrons. The lowest BCUT2D eigenvalue weighted by molar-refractivity contribution is 0.0708. The predicted molar refractivity (Wildman–Crippen MR) is 111 cm³/mol. The fourth-order valence-electron chi connectivity index (χ4n) is 5.59. The summed E-state index contributed by atoms with van der Waals surface area (Å²) in [6, 6.07) is 7.94. The number of amides is 1. The second-order valence-corrected chi connectivity index (χ2v) is 11.3. The molecule has 0 aromatic heterocycles. The molecular formula is C22H32N2O3S. The largest absolute Gasteiger partial charge is 0.335 e. The summed E-state index contributed by atoms with van der Waals surface area (Å²) in [6.07, 6.45) is 5.65. The smallest absolute Gasteiger partial charge is 0.254 e. The van der Waals surface area contributed by atoms with Crippen LogP contribution in [0.1, 0.15) is 68.8 Å². The highest BCUT2D eigenvalue weighted by Crippen LogP contribution is 2.52. The van der Waals surface area contributed by atoms with Crippen LogP contribution in [0.5, 0.6) is 0 Å². The van der Waals surface area contributed by atoms with Crippen LogP contribution in [-0.4, -0.2) is 43.0 Å². The van der Waals surface area contributed by atoms with Gasteiger partial charge in [0.15, 0.2) is 0 Å². The van der Waals surface area contributed by atoms with Crippen LogP contribution in [0.15, 0.2) is 24.3 Å². The lowest BCUT2D eigenvalue weighted by atomic mass is 9.65. The zero-order valence-electron chi connectivity index (χ0n) is 17.2. The summed E-state index contributed by atoms with van der Waals surface area (Å²) in [5.74, 6) is 0.677. The van der Waals surface area contributed by atoms with E-state index in [2.05, 4.69) is 25.7 Å². The van der Waals surface area contributed by atoms with E-state index in [1.807, 2.05) is 24.3 Å². The van der Waals surface area contributed by atoms with Crippen LogP contribution in [0.4, 0.5) is 0 Å². The van der Waals surface area contributed by atoms with Gasteiger partial charge in [-0.15, -0.1) is 0 Å². The van der Waals surface area contributed by atoms with E-state index in [0.717, 1.165) is 43.4 Å². The molecule has 4 rings (SSSR count). The van der Waals surface area contributed by atoms with Crippen LogP contribution in [0.25, 0.3) is 0 Å². The van der Waals surface area contributed by atoms with Crippen molar-refractivity contribution in [2.45, 2.75) is 65.5 Å². The van der Waals surface area contributed by atoms with Gasteiger partial charge in [-0.05, 0) is 66.5 Å². The van der Waals surface area contributed by atoms with Crippen LogP contribution in [0.3, 0.4) is 0 Å². The molecule has 3 unspecified atom stereocenters. The van der Waals surface area contributed by atoms with Gasteiger partial charge in [0.05, 0.1) is 0 Å². The summed E-state index contributed by atoms with van der Waals surface area (Å²) in [7, 11) is 0. The van der Waals surface area contributed by atoms with Gasteiger partial charge < -0.3 is 4.90 Å². The Balaban J connectivity index is 1.44. The fourth-order valence-corrected chi connectivity index (χ4v) is 6.19. The number of fused-ring (bicyclic) bond motifs is 2. The maximum Gasteiger partial charge on any atom is 0.254 e. The Kier molecular flexibility index (Phi) is 5.17. The van der Waals surface area contributed by atoms with E-state index in [4.69, 9.17) is 0 Å². The van der Waals surface area contributed by atoms with Gasteiger partial charge in [-0.2, -0.15) is 4.31 Å². The summed E-state index contributed by atoms with van der Waals surface area (Å²) in [6.45, 7) is 8.90. The zero-order valence-corrected chi connectivity index (χ0v) is 18.0. The molecule has 0 radical (unpaired) electrons. The molecule has 28 heavy (non-hydrogen) atoms. The van der Waals surface area contributed by atoms with Crippen molar-refractivity contribution in [3.8, 4) is 0 Å². The summed E-state index contributed by atoms with van der Waals surface area (Å²) >= 11 is -1.96. The minimum absolute atomic E-state index is 0.124. The monoisotopic (exact) mass is 404 g/mol. The first-order valence-corrected chi connectivity index (χ1v) is 11.5. The average molecular weight is 405 g/mol. The molecule has 1 N–H and O–H groups in total. The van der Waals surface area contributed by atoms with Crippen molar-refractivity contribution in [2.24, 2.45) is 16.7 Å². The molecule has 1 heterocycles. The Labute approximate surface area is 170 Å². The van der Waals surface area contributed by atoms with Crippen molar-refractivity contribution in [1.82, 2.24) is 9.21 Å². The summed E-state index contributed by atoms with van der Waals surface area (Å²) < 4.78 is 22.7. The molecule has 2 bridgehead atoms. The molecule has 2 aliphatic carbocycles. The van der Waals surface area contributed by atoms with Crippen molar-refractivity contribution in [3.05, 3.63) is 35.4 Å². The minimum atomic E-state index is -1.96. The van der Waals surface area contributed by atoms with Gasteiger partial charge in [0, 0.05) is 31.2 Å². The molecule has 5 nitrogen and oxygen atoms in total. The van der Waals surface area contributed by atoms with Crippen molar-refractivity contribution >= 4 is 17.2 Å². The second-order valence-electron chi connectivity index (χ2n) is 10.3. The van der Waals surface area contributed by atoms with Gasteiger partial charge in [-0.1, -0.05) is 32.9 Å². The van der Waals surface area contributed by atoms with Crippen molar-refractivity contribution in [2.75, 3.05) is 13.1 Å². The Morgan fingerprint density at radius 2 is 1.89 bits per heavy atom. The van der Waals surface area contributed by atoms with Crippen LogP contribution in [0.2, 0.25) is 0 Å². The predicted octanol–water partition coefficient (Wildman–Crippen LogP) is 4.08. The summed E-state index contributed by atoms with van der Waals surface area (Å²) in [5.41, 5.74) is 2.21. The number of nitrogens with zero attached hydrogens (tertiary/aromatic N) is 2. The molecule has 1 saturated heterocycles. The molecule has 1 aromatic carbocycles. The first kappa shape index (κ1) is 20.0. The van der Waals surface area contributed by atoms with E-state index in [9.17, 15) is 13.6 Å². The third-order valence-corrected chi connectivity index (χ3v) is 7.34. The highest BCUT2D eigenvalue weighted by molar-refractivity contribution is 7.76. The van der Waals surface area contributed by atoms with Crippen molar-refractivity contribution in [3.63, 3.8) is 0 Å². The fraction of sp³-hybridized carbons (Fsp3) is 0.682. The van der Waals surface area contributed by atoms with E-state index >= 15 is 0 Å². The van der Waals surface area contributed by atoms with E-state index in [0.29, 0.717) is 30.5 Å². The standard InChI is InChI=1S/C22H32N2O3S/c1-21(2)10-19-11-22(3,14-21)15-24(19)20(25)18-8-6-17(7-9-18)13-23(28(26)27)12-16-4-5-16/h6-9,16,19H,4-5,10-15H2,1-3H3,(H,26,27).